The van der Waals surface area contributed by atoms with E-state index in [4.69, 9.17) is 9.72 Å². The summed E-state index contributed by atoms with van der Waals surface area (Å²) < 4.78 is 5.06. The molecule has 1 aromatic heterocycles. The van der Waals surface area contributed by atoms with Crippen LogP contribution in [0.1, 0.15) is 51.2 Å². The lowest BCUT2D eigenvalue weighted by Crippen LogP contribution is -2.49. The average Bonchev–Trinajstić information content (AvgIpc) is 3.08. The fourth-order valence-electron chi connectivity index (χ4n) is 2.71. The van der Waals surface area contributed by atoms with Crippen molar-refractivity contribution in [3.63, 3.8) is 0 Å². The van der Waals surface area contributed by atoms with Gasteiger partial charge in [0, 0.05) is 37.0 Å². The second kappa shape index (κ2) is 11.0. The summed E-state index contributed by atoms with van der Waals surface area (Å²) in [5.74, 6) is 0.770. The number of hydrogen-bond acceptors (Lipinski definition) is 5. The molecule has 2 rings (SSSR count). The molecule has 0 unspecified atom stereocenters. The number of aromatic nitrogens is 1. The second-order valence-corrected chi connectivity index (χ2v) is 8.35. The third-order valence-corrected chi connectivity index (χ3v) is 5.16. The lowest BCUT2D eigenvalue weighted by Gasteiger charge is -2.32. The van der Waals surface area contributed by atoms with Crippen LogP contribution in [0.25, 0.3) is 0 Å². The zero-order valence-corrected chi connectivity index (χ0v) is 20.0. The summed E-state index contributed by atoms with van der Waals surface area (Å²) >= 11 is 1.67. The molecule has 154 valence electrons. The van der Waals surface area contributed by atoms with Crippen molar-refractivity contribution in [1.29, 1.82) is 0 Å². The first kappa shape index (κ1) is 23.9. The Labute approximate surface area is 183 Å². The molecule has 1 fully saturated rings. The Morgan fingerprint density at radius 2 is 2.07 bits per heavy atom. The van der Waals surface area contributed by atoms with Gasteiger partial charge in [0.2, 0.25) is 0 Å². The number of likely N-dealkylation sites (tertiary alicyclic amines) is 1. The van der Waals surface area contributed by atoms with Crippen LogP contribution in [0.3, 0.4) is 0 Å². The molecule has 9 heteroatoms. The van der Waals surface area contributed by atoms with Crippen molar-refractivity contribution < 1.29 is 9.53 Å². The average molecular weight is 509 g/mol. The lowest BCUT2D eigenvalue weighted by atomic mass is 9.93. The van der Waals surface area contributed by atoms with Gasteiger partial charge in [-0.05, 0) is 19.8 Å². The van der Waals surface area contributed by atoms with E-state index in [0.717, 1.165) is 29.5 Å². The zero-order valence-electron chi connectivity index (χ0n) is 16.9. The molecule has 1 aliphatic heterocycles. The lowest BCUT2D eigenvalue weighted by molar-refractivity contribution is 0.0963. The van der Waals surface area contributed by atoms with Gasteiger partial charge in [0.1, 0.15) is 5.01 Å². The van der Waals surface area contributed by atoms with Crippen LogP contribution < -0.4 is 10.6 Å². The predicted octanol–water partition coefficient (Wildman–Crippen LogP) is 3.34. The number of nitrogens with one attached hydrogen (secondary N) is 2. The highest BCUT2D eigenvalue weighted by Crippen LogP contribution is 2.23. The van der Waals surface area contributed by atoms with Crippen LogP contribution in [0.15, 0.2) is 10.4 Å². The van der Waals surface area contributed by atoms with Crippen molar-refractivity contribution in [3.05, 3.63) is 16.1 Å². The first-order valence-electron chi connectivity index (χ1n) is 9.17. The highest BCUT2D eigenvalue weighted by molar-refractivity contribution is 14.0. The maximum absolute atomic E-state index is 11.8. The number of hydrogen-bond donors (Lipinski definition) is 2. The standard InChI is InChI=1S/C18H31N5O2S.HI/c1-6-25-17(24)23-9-7-13(8-10-23)21-16(19-5)20-11-15-22-14(12-26-15)18(2,3)4;/h12-13H,6-11H2,1-5H3,(H2,19,20,21);1H. The molecule has 0 saturated carbocycles. The summed E-state index contributed by atoms with van der Waals surface area (Å²) in [5.41, 5.74) is 1.19. The summed E-state index contributed by atoms with van der Waals surface area (Å²) in [5, 5.41) is 9.95. The molecular weight excluding hydrogens is 477 g/mol. The maximum Gasteiger partial charge on any atom is 0.409 e. The summed E-state index contributed by atoms with van der Waals surface area (Å²) in [7, 11) is 1.77. The van der Waals surface area contributed by atoms with Crippen molar-refractivity contribution in [2.45, 2.75) is 58.5 Å². The van der Waals surface area contributed by atoms with E-state index in [-0.39, 0.29) is 35.5 Å². The third-order valence-electron chi connectivity index (χ3n) is 4.31. The Hall–Kier alpha value is -1.10. The van der Waals surface area contributed by atoms with Crippen molar-refractivity contribution in [2.24, 2.45) is 4.99 Å². The van der Waals surface area contributed by atoms with E-state index < -0.39 is 0 Å². The number of piperidine rings is 1. The number of carbonyl (C=O) groups excluding carboxylic acids is 1. The maximum atomic E-state index is 11.8. The number of ether oxygens (including phenoxy) is 1. The minimum absolute atomic E-state index is 0. The molecule has 1 aliphatic rings. The van der Waals surface area contributed by atoms with E-state index in [1.165, 1.54) is 0 Å². The van der Waals surface area contributed by atoms with Gasteiger partial charge in [-0.15, -0.1) is 35.3 Å². The molecule has 7 nitrogen and oxygen atoms in total. The monoisotopic (exact) mass is 509 g/mol. The van der Waals surface area contributed by atoms with Crippen LogP contribution in [0.2, 0.25) is 0 Å². The molecular formula is C18H32IN5O2S. The minimum Gasteiger partial charge on any atom is -0.450 e. The van der Waals surface area contributed by atoms with Crippen LogP contribution in [0.4, 0.5) is 4.79 Å². The molecule has 0 atom stereocenters. The molecule has 2 N–H and O–H groups in total. The van der Waals surface area contributed by atoms with Gasteiger partial charge in [0.05, 0.1) is 18.8 Å². The highest BCUT2D eigenvalue weighted by atomic mass is 127. The number of carbonyl (C=O) groups is 1. The summed E-state index contributed by atoms with van der Waals surface area (Å²) in [4.78, 5) is 22.5. The Bertz CT molecular complexity index is 622. The molecule has 0 radical (unpaired) electrons. The van der Waals surface area contributed by atoms with E-state index in [0.29, 0.717) is 32.3 Å². The Morgan fingerprint density at radius 1 is 1.41 bits per heavy atom. The van der Waals surface area contributed by atoms with Gasteiger partial charge in [-0.2, -0.15) is 0 Å². The first-order valence-corrected chi connectivity index (χ1v) is 10.0. The molecule has 0 bridgehead atoms. The second-order valence-electron chi connectivity index (χ2n) is 7.41. The van der Waals surface area contributed by atoms with E-state index in [2.05, 4.69) is 41.8 Å². The highest BCUT2D eigenvalue weighted by Gasteiger charge is 2.24. The van der Waals surface area contributed by atoms with Gasteiger partial charge in [-0.1, -0.05) is 20.8 Å². The fourth-order valence-corrected chi connectivity index (χ4v) is 3.67. The number of rotatable bonds is 4. The molecule has 1 amide bonds. The van der Waals surface area contributed by atoms with Crippen molar-refractivity contribution in [3.8, 4) is 0 Å². The SMILES string of the molecule is CCOC(=O)N1CCC(NC(=NC)NCc2nc(C(C)(C)C)cs2)CC1.I. The smallest absolute Gasteiger partial charge is 0.409 e. The van der Waals surface area contributed by atoms with Crippen molar-refractivity contribution in [2.75, 3.05) is 26.7 Å². The predicted molar refractivity (Wildman–Crippen MR) is 121 cm³/mol. The van der Waals surface area contributed by atoms with Crippen LogP contribution in [0.5, 0.6) is 0 Å². The fraction of sp³-hybridized carbons (Fsp3) is 0.722. The van der Waals surface area contributed by atoms with Gasteiger partial charge in [0.25, 0.3) is 0 Å². The molecule has 0 spiro atoms. The van der Waals surface area contributed by atoms with Gasteiger partial charge >= 0.3 is 6.09 Å². The third kappa shape index (κ3) is 7.44. The molecule has 27 heavy (non-hydrogen) atoms. The molecule has 1 aromatic rings. The first-order chi connectivity index (χ1) is 12.3. The van der Waals surface area contributed by atoms with E-state index >= 15 is 0 Å². The van der Waals surface area contributed by atoms with Crippen LogP contribution in [-0.4, -0.2) is 54.7 Å². The summed E-state index contributed by atoms with van der Waals surface area (Å²) in [6.45, 7) is 10.8. The zero-order chi connectivity index (χ0) is 19.2. The number of nitrogens with zero attached hydrogens (tertiary/aromatic N) is 3. The number of thiazole rings is 1. The Morgan fingerprint density at radius 3 is 2.59 bits per heavy atom. The number of amides is 1. The van der Waals surface area contributed by atoms with Crippen LogP contribution in [-0.2, 0) is 16.7 Å². The van der Waals surface area contributed by atoms with E-state index in [1.807, 2.05) is 6.92 Å². The normalized spacial score (nSPS) is 15.9. The minimum atomic E-state index is -0.216. The molecule has 1 saturated heterocycles. The van der Waals surface area contributed by atoms with Crippen LogP contribution >= 0.6 is 35.3 Å². The van der Waals surface area contributed by atoms with Crippen molar-refractivity contribution in [1.82, 2.24) is 20.5 Å². The van der Waals surface area contributed by atoms with Crippen LogP contribution in [0, 0.1) is 0 Å². The Balaban J connectivity index is 0.00000364. The van der Waals surface area contributed by atoms with E-state index in [1.54, 1.807) is 23.3 Å². The molecule has 0 aliphatic carbocycles. The van der Waals surface area contributed by atoms with Gasteiger partial charge in [-0.25, -0.2) is 9.78 Å². The van der Waals surface area contributed by atoms with Crippen molar-refractivity contribution >= 4 is 47.4 Å². The largest absolute Gasteiger partial charge is 0.450 e. The summed E-state index contributed by atoms with van der Waals surface area (Å²) in [6.07, 6.45) is 1.54. The number of guanidine groups is 1. The van der Waals surface area contributed by atoms with Gasteiger partial charge in [-0.3, -0.25) is 4.99 Å². The molecule has 0 aromatic carbocycles. The topological polar surface area (TPSA) is 78.8 Å². The number of halogens is 1. The quantitative estimate of drug-likeness (QED) is 0.370. The van der Waals surface area contributed by atoms with E-state index in [9.17, 15) is 4.79 Å². The Kier molecular flexibility index (Phi) is 9.78. The molecule has 2 heterocycles. The number of aliphatic imine (C=N–C) groups is 1. The van der Waals surface area contributed by atoms with Gasteiger partial charge in [0.15, 0.2) is 5.96 Å². The summed E-state index contributed by atoms with van der Waals surface area (Å²) in [6, 6.07) is 0.299. The van der Waals surface area contributed by atoms with Gasteiger partial charge < -0.3 is 20.3 Å².